The molecule has 5 aliphatic heterocycles. The highest BCUT2D eigenvalue weighted by Gasteiger charge is 2.38. The van der Waals surface area contributed by atoms with Gasteiger partial charge < -0.3 is 4.79 Å². The van der Waals surface area contributed by atoms with Gasteiger partial charge in [0, 0.05) is 96.4 Å². The van der Waals surface area contributed by atoms with Crippen molar-refractivity contribution < 1.29 is 76.7 Å². The van der Waals surface area contributed by atoms with E-state index in [9.17, 15) is 76.7 Å². The van der Waals surface area contributed by atoms with E-state index < -0.39 is 47.3 Å². The molecule has 0 radical (unpaired) electrons. The van der Waals surface area contributed by atoms with E-state index in [0.717, 1.165) is 35.5 Å². The van der Waals surface area contributed by atoms with Gasteiger partial charge in [0.25, 0.3) is 0 Å². The molecule has 5 aliphatic rings. The van der Waals surface area contributed by atoms with Crippen LogP contribution < -0.4 is 0 Å². The van der Waals surface area contributed by atoms with Crippen molar-refractivity contribution in [3.05, 3.63) is 0 Å². The monoisotopic (exact) mass is 901 g/mol. The van der Waals surface area contributed by atoms with Gasteiger partial charge in [-0.1, -0.05) is 33.1 Å². The minimum absolute atomic E-state index is 0.00174. The average Bonchev–Trinajstić information content (AvgIpc) is 4.04. The van der Waals surface area contributed by atoms with Gasteiger partial charge in [0.15, 0.2) is 0 Å². The summed E-state index contributed by atoms with van der Waals surface area (Å²) in [6, 6.07) is 0. The highest BCUT2D eigenvalue weighted by Crippen LogP contribution is 2.18. The van der Waals surface area contributed by atoms with Gasteiger partial charge in [-0.25, -0.2) is 19.6 Å². The zero-order chi connectivity index (χ0) is 48.8. The Kier molecular flexibility index (Phi) is 24.1. The van der Waals surface area contributed by atoms with E-state index in [-0.39, 0.29) is 117 Å². The van der Waals surface area contributed by atoms with Crippen LogP contribution in [0.2, 0.25) is 0 Å². The third-order valence-corrected chi connectivity index (χ3v) is 10.1. The first-order chi connectivity index (χ1) is 30.0. The van der Waals surface area contributed by atoms with Crippen LogP contribution in [0.3, 0.4) is 0 Å². The van der Waals surface area contributed by atoms with Crippen molar-refractivity contribution in [1.29, 1.82) is 0 Å². The van der Waals surface area contributed by atoms with Crippen LogP contribution in [0.5, 0.6) is 0 Å². The molecule has 1 atom stereocenters. The average molecular weight is 902 g/mol. The zero-order valence-electron chi connectivity index (χ0n) is 37.5. The lowest BCUT2D eigenvalue weighted by Crippen LogP contribution is -2.41. The molecule has 0 saturated carbocycles. The smallest absolute Gasteiger partial charge is 0.246 e. The third-order valence-electron chi connectivity index (χ3n) is 10.1. The number of Topliss-reactive ketones (excluding diaryl/α,β-unsaturated/α-hetero) is 2. The van der Waals surface area contributed by atoms with Gasteiger partial charge in [-0.2, -0.15) is 0 Å². The number of hydrogen-bond donors (Lipinski definition) is 0. The van der Waals surface area contributed by atoms with Crippen molar-refractivity contribution in [2.75, 3.05) is 6.54 Å². The normalized spacial score (nSPS) is 17.4. The molecule has 5 saturated heterocycles. The SMILES string of the molecule is CC(=O)C(C)C(=O)N1C(=O)CCC1=O.CC(=O)CCCC(=O)N1C(=O)CCC1=O.CCC(=O)N1C(=O)CCC1=O.CCCCCCC(=O)N1C(=O)CCC1=O.CCN1C(=O)CCC1=O. The van der Waals surface area contributed by atoms with Gasteiger partial charge in [-0.3, -0.25) is 76.8 Å². The summed E-state index contributed by atoms with van der Waals surface area (Å²) in [5.41, 5.74) is 0. The number of carbonyl (C=O) groups excluding carboxylic acids is 16. The summed E-state index contributed by atoms with van der Waals surface area (Å²) in [5.74, 6) is -6.45. The summed E-state index contributed by atoms with van der Waals surface area (Å²) in [5, 5.41) is 0. The van der Waals surface area contributed by atoms with Crippen molar-refractivity contribution in [3.8, 4) is 0 Å². The van der Waals surface area contributed by atoms with E-state index in [2.05, 4.69) is 6.92 Å². The number of hydrogen-bond acceptors (Lipinski definition) is 16. The summed E-state index contributed by atoms with van der Waals surface area (Å²) < 4.78 is 0. The van der Waals surface area contributed by atoms with Gasteiger partial charge >= 0.3 is 0 Å². The van der Waals surface area contributed by atoms with Crippen molar-refractivity contribution in [1.82, 2.24) is 24.5 Å². The van der Waals surface area contributed by atoms with E-state index in [1.807, 2.05) is 0 Å². The molecule has 64 heavy (non-hydrogen) atoms. The van der Waals surface area contributed by atoms with Crippen molar-refractivity contribution in [2.45, 2.75) is 164 Å². The van der Waals surface area contributed by atoms with Crippen molar-refractivity contribution in [2.24, 2.45) is 5.92 Å². The Morgan fingerprint density at radius 3 is 1.05 bits per heavy atom. The van der Waals surface area contributed by atoms with Gasteiger partial charge in [-0.15, -0.1) is 0 Å². The van der Waals surface area contributed by atoms with Crippen molar-refractivity contribution in [3.63, 3.8) is 0 Å². The quantitative estimate of drug-likeness (QED) is 0.145. The molecule has 21 nitrogen and oxygen atoms in total. The van der Waals surface area contributed by atoms with E-state index >= 15 is 0 Å². The fourth-order valence-corrected chi connectivity index (χ4v) is 6.30. The summed E-state index contributed by atoms with van der Waals surface area (Å²) in [6.07, 6.45) is 7.21. The molecule has 0 aliphatic carbocycles. The Morgan fingerprint density at radius 1 is 0.422 bits per heavy atom. The van der Waals surface area contributed by atoms with E-state index in [0.29, 0.717) is 48.4 Å². The molecule has 352 valence electrons. The summed E-state index contributed by atoms with van der Waals surface area (Å²) in [4.78, 5) is 181. The third kappa shape index (κ3) is 17.1. The highest BCUT2D eigenvalue weighted by molar-refractivity contribution is 6.19. The van der Waals surface area contributed by atoms with Crippen LogP contribution in [0.15, 0.2) is 0 Å². The first-order valence-corrected chi connectivity index (χ1v) is 21.4. The predicted octanol–water partition coefficient (Wildman–Crippen LogP) is 2.17. The topological polar surface area (TPSA) is 289 Å². The number of amides is 14. The van der Waals surface area contributed by atoms with Crippen LogP contribution in [0.25, 0.3) is 0 Å². The first-order valence-electron chi connectivity index (χ1n) is 21.4. The van der Waals surface area contributed by atoms with Gasteiger partial charge in [0.1, 0.15) is 11.6 Å². The molecule has 0 aromatic carbocycles. The fourth-order valence-electron chi connectivity index (χ4n) is 6.30. The largest absolute Gasteiger partial charge is 0.300 e. The van der Waals surface area contributed by atoms with Crippen LogP contribution >= 0.6 is 0 Å². The molecule has 21 heteroatoms. The second-order valence-electron chi connectivity index (χ2n) is 15.1. The van der Waals surface area contributed by atoms with Crippen LogP contribution in [0.4, 0.5) is 0 Å². The number of unbranched alkanes of at least 4 members (excludes halogenated alkanes) is 3. The standard InChI is InChI=1S/C11H17NO3.C10H13NO4.C9H11NO4.C7H9NO3.C6H9NO2/c1-2-3-4-5-6-9(13)12-10(14)7-8-11(12)15;1-7(12)3-2-4-8(13)11-9(14)5-6-10(11)15;1-5(6(2)11)9(14)10-7(12)3-4-8(10)13;1-2-5(9)8-6(10)3-4-7(8)11;1-2-7-5(8)3-4-6(7)9/h2-8H2,1H3;2-6H2,1H3;5H,3-4H2,1-2H3;2-4H2,1H3;2-4H2,1H3. The van der Waals surface area contributed by atoms with E-state index in [4.69, 9.17) is 0 Å². The number of rotatable bonds is 13. The minimum Gasteiger partial charge on any atom is -0.300 e. The van der Waals surface area contributed by atoms with Crippen LogP contribution in [-0.4, -0.2) is 125 Å². The predicted molar refractivity (Wildman–Crippen MR) is 219 cm³/mol. The molecule has 5 rings (SSSR count). The maximum Gasteiger partial charge on any atom is 0.246 e. The maximum atomic E-state index is 11.5. The number of imide groups is 13. The van der Waals surface area contributed by atoms with Gasteiger partial charge in [0.2, 0.25) is 82.7 Å². The fraction of sp³-hybridized carbons (Fsp3) is 0.628. The molecule has 0 spiro atoms. The second kappa shape index (κ2) is 27.7. The zero-order valence-corrected chi connectivity index (χ0v) is 37.5. The molecule has 0 N–H and O–H groups in total. The van der Waals surface area contributed by atoms with E-state index in [1.54, 1.807) is 13.8 Å². The van der Waals surface area contributed by atoms with Crippen LogP contribution in [-0.2, 0) is 76.7 Å². The molecule has 0 aromatic rings. The number of nitrogens with zero attached hydrogens (tertiary/aromatic N) is 5. The Bertz CT molecular complexity index is 1820. The minimum atomic E-state index is -0.916. The Balaban J connectivity index is 0.000000404. The Labute approximate surface area is 370 Å². The Morgan fingerprint density at radius 2 is 0.750 bits per heavy atom. The lowest BCUT2D eigenvalue weighted by atomic mass is 10.1. The maximum absolute atomic E-state index is 11.5. The molecule has 0 aromatic heterocycles. The molecule has 5 fully saturated rings. The highest BCUT2D eigenvalue weighted by atomic mass is 16.2. The number of likely N-dealkylation sites (tertiary alicyclic amines) is 5. The van der Waals surface area contributed by atoms with Gasteiger partial charge in [-0.05, 0) is 40.5 Å². The molecule has 1 unspecified atom stereocenters. The summed E-state index contributed by atoms with van der Waals surface area (Å²) in [6.45, 7) is 10.1. The summed E-state index contributed by atoms with van der Waals surface area (Å²) in [7, 11) is 0. The molecular weight excluding hydrogens is 842 g/mol. The lowest BCUT2D eigenvalue weighted by molar-refractivity contribution is -0.154. The van der Waals surface area contributed by atoms with Crippen molar-refractivity contribution >= 4 is 94.3 Å². The molecule has 0 bridgehead atoms. The first kappa shape index (κ1) is 55.7. The molecule has 14 amide bonds. The van der Waals surface area contributed by atoms with Crippen LogP contribution in [0.1, 0.15) is 164 Å². The van der Waals surface area contributed by atoms with Gasteiger partial charge in [0.05, 0.1) is 5.92 Å². The Hall–Kier alpha value is -6.28. The molecular formula is C43H59N5O16. The molecule has 5 heterocycles. The number of ketones is 2. The second-order valence-corrected chi connectivity index (χ2v) is 15.1. The van der Waals surface area contributed by atoms with E-state index in [1.165, 1.54) is 25.7 Å². The lowest BCUT2D eigenvalue weighted by Gasteiger charge is -2.14. The number of carbonyl (C=O) groups is 16. The van der Waals surface area contributed by atoms with Crippen LogP contribution in [0, 0.1) is 5.92 Å². The summed E-state index contributed by atoms with van der Waals surface area (Å²) >= 11 is 0.